The van der Waals surface area contributed by atoms with Crippen LogP contribution in [0.2, 0.25) is 0 Å². The summed E-state index contributed by atoms with van der Waals surface area (Å²) in [4.78, 5) is 16.5. The second-order valence-corrected chi connectivity index (χ2v) is 10.4. The van der Waals surface area contributed by atoms with Gasteiger partial charge in [0.2, 0.25) is 0 Å². The SMILES string of the molecule is Cc1ccc(-c2ccc([C@@H]3c4sc(=O)[nH]c4S[C@H]4[C@H]5CC[C@@H](C5)[C@H]34)o2)cc1. The standard InChI is InChI=1S/C22H21NO2S2/c1-11-2-4-12(5-3-11)15-8-9-16(25-15)18-17-13-6-7-14(10-13)19(17)26-21-20(18)27-22(24)23-21/h2-5,8-9,13-14,17-19H,6-7,10H2,1H3,(H,23,24)/t13-,14-,17+,18-,19-/m0/s1. The zero-order valence-corrected chi connectivity index (χ0v) is 16.7. The van der Waals surface area contributed by atoms with Crippen molar-refractivity contribution in [1.29, 1.82) is 0 Å². The predicted molar refractivity (Wildman–Crippen MR) is 110 cm³/mol. The minimum absolute atomic E-state index is 0.0649. The van der Waals surface area contributed by atoms with Gasteiger partial charge in [0.25, 0.3) is 0 Å². The number of hydrogen-bond acceptors (Lipinski definition) is 4. The van der Waals surface area contributed by atoms with Crippen molar-refractivity contribution in [3.05, 3.63) is 62.3 Å². The summed E-state index contributed by atoms with van der Waals surface area (Å²) >= 11 is 3.31. The van der Waals surface area contributed by atoms with Gasteiger partial charge in [0.05, 0.1) is 15.8 Å². The lowest BCUT2D eigenvalue weighted by Gasteiger charge is -2.38. The molecule has 3 heterocycles. The van der Waals surface area contributed by atoms with Crippen LogP contribution in [-0.2, 0) is 0 Å². The minimum atomic E-state index is 0.0649. The molecular formula is C22H21NO2S2. The molecule has 2 fully saturated rings. The van der Waals surface area contributed by atoms with Crippen molar-refractivity contribution < 1.29 is 4.42 Å². The number of benzene rings is 1. The van der Waals surface area contributed by atoms with Crippen molar-refractivity contribution in [1.82, 2.24) is 4.98 Å². The van der Waals surface area contributed by atoms with Crippen molar-refractivity contribution in [3.8, 4) is 11.3 Å². The van der Waals surface area contributed by atoms with E-state index in [4.69, 9.17) is 4.42 Å². The Morgan fingerprint density at radius 3 is 2.74 bits per heavy atom. The Morgan fingerprint density at radius 2 is 1.89 bits per heavy atom. The Balaban J connectivity index is 1.45. The molecule has 5 atom stereocenters. The van der Waals surface area contributed by atoms with Gasteiger partial charge in [-0.05, 0) is 56.1 Å². The molecule has 6 rings (SSSR count). The minimum Gasteiger partial charge on any atom is -0.460 e. The van der Waals surface area contributed by atoms with Crippen LogP contribution in [0.4, 0.5) is 0 Å². The van der Waals surface area contributed by atoms with Crippen LogP contribution in [0.1, 0.15) is 41.4 Å². The summed E-state index contributed by atoms with van der Waals surface area (Å²) in [7, 11) is 0. The van der Waals surface area contributed by atoms with Gasteiger partial charge in [0.15, 0.2) is 0 Å². The van der Waals surface area contributed by atoms with Crippen LogP contribution in [0.3, 0.4) is 0 Å². The molecule has 27 heavy (non-hydrogen) atoms. The molecule has 3 aromatic rings. The van der Waals surface area contributed by atoms with Gasteiger partial charge in [-0.25, -0.2) is 0 Å². The number of aromatic nitrogens is 1. The second-order valence-electron chi connectivity index (χ2n) is 8.25. The van der Waals surface area contributed by atoms with Crippen LogP contribution in [0.15, 0.2) is 50.6 Å². The molecule has 1 aliphatic heterocycles. The molecule has 2 aliphatic carbocycles. The number of rotatable bonds is 2. The Bertz CT molecular complexity index is 1060. The summed E-state index contributed by atoms with van der Waals surface area (Å²) in [6.07, 6.45) is 4.04. The lowest BCUT2D eigenvalue weighted by Crippen LogP contribution is -2.33. The van der Waals surface area contributed by atoms with E-state index in [1.807, 2.05) is 11.8 Å². The number of thiazole rings is 1. The third kappa shape index (κ3) is 2.44. The van der Waals surface area contributed by atoms with Crippen molar-refractivity contribution in [2.45, 2.75) is 42.4 Å². The Kier molecular flexibility index (Phi) is 3.54. The molecule has 2 bridgehead atoms. The van der Waals surface area contributed by atoms with E-state index in [9.17, 15) is 4.79 Å². The van der Waals surface area contributed by atoms with Gasteiger partial charge < -0.3 is 9.40 Å². The van der Waals surface area contributed by atoms with Gasteiger partial charge in [0.1, 0.15) is 11.5 Å². The molecule has 3 nitrogen and oxygen atoms in total. The van der Waals surface area contributed by atoms with E-state index < -0.39 is 0 Å². The maximum Gasteiger partial charge on any atom is 0.305 e. The summed E-state index contributed by atoms with van der Waals surface area (Å²) in [5.74, 6) is 4.36. The zero-order valence-electron chi connectivity index (χ0n) is 15.1. The number of nitrogens with one attached hydrogen (secondary N) is 1. The highest BCUT2D eigenvalue weighted by Crippen LogP contribution is 2.63. The summed E-state index contributed by atoms with van der Waals surface area (Å²) in [5.41, 5.74) is 2.37. The molecule has 2 saturated carbocycles. The van der Waals surface area contributed by atoms with Crippen LogP contribution in [0.25, 0.3) is 11.3 Å². The zero-order chi connectivity index (χ0) is 18.1. The van der Waals surface area contributed by atoms with E-state index in [0.717, 1.165) is 33.9 Å². The first-order valence-electron chi connectivity index (χ1n) is 9.74. The van der Waals surface area contributed by atoms with Gasteiger partial charge in [-0.2, -0.15) is 0 Å². The first kappa shape index (κ1) is 16.3. The van der Waals surface area contributed by atoms with E-state index in [-0.39, 0.29) is 10.8 Å². The highest BCUT2D eigenvalue weighted by atomic mass is 32.2. The third-order valence-corrected chi connectivity index (χ3v) is 9.36. The van der Waals surface area contributed by atoms with Crippen molar-refractivity contribution in [2.75, 3.05) is 0 Å². The molecule has 0 saturated heterocycles. The maximum absolute atomic E-state index is 12.1. The Labute approximate surface area is 166 Å². The van der Waals surface area contributed by atoms with Gasteiger partial charge in [0, 0.05) is 10.8 Å². The van der Waals surface area contributed by atoms with Gasteiger partial charge in [-0.15, -0.1) is 11.8 Å². The summed E-state index contributed by atoms with van der Waals surface area (Å²) in [6.45, 7) is 2.10. The molecule has 1 N–H and O–H groups in total. The quantitative estimate of drug-likeness (QED) is 0.609. The lowest BCUT2D eigenvalue weighted by molar-refractivity contribution is 0.285. The molecule has 0 unspecified atom stereocenters. The predicted octanol–water partition coefficient (Wildman–Crippen LogP) is 5.66. The van der Waals surface area contributed by atoms with Crippen LogP contribution in [0.5, 0.6) is 0 Å². The van der Waals surface area contributed by atoms with Crippen molar-refractivity contribution in [2.24, 2.45) is 17.8 Å². The number of H-pyrrole nitrogens is 1. The maximum atomic E-state index is 12.1. The number of hydrogen-bond donors (Lipinski definition) is 1. The van der Waals surface area contributed by atoms with E-state index >= 15 is 0 Å². The lowest BCUT2D eigenvalue weighted by atomic mass is 9.77. The molecule has 2 aromatic heterocycles. The second kappa shape index (κ2) is 5.89. The van der Waals surface area contributed by atoms with E-state index in [1.54, 1.807) is 0 Å². The fourth-order valence-corrected chi connectivity index (χ4v) is 8.43. The Morgan fingerprint density at radius 1 is 1.07 bits per heavy atom. The fraction of sp³-hybridized carbons (Fsp3) is 0.409. The van der Waals surface area contributed by atoms with Crippen LogP contribution in [0, 0.1) is 24.7 Å². The fourth-order valence-electron chi connectivity index (χ4n) is 5.56. The monoisotopic (exact) mass is 395 g/mol. The molecule has 1 aromatic carbocycles. The first-order chi connectivity index (χ1) is 13.2. The van der Waals surface area contributed by atoms with Gasteiger partial charge >= 0.3 is 4.87 Å². The number of aromatic amines is 1. The molecule has 138 valence electrons. The average Bonchev–Trinajstić information content (AvgIpc) is 3.43. The topological polar surface area (TPSA) is 46.0 Å². The third-order valence-electron chi connectivity index (χ3n) is 6.73. The molecular weight excluding hydrogens is 374 g/mol. The van der Waals surface area contributed by atoms with Crippen LogP contribution >= 0.6 is 23.1 Å². The normalized spacial score (nSPS) is 31.1. The van der Waals surface area contributed by atoms with E-state index in [2.05, 4.69) is 48.3 Å². The molecule has 5 heteroatoms. The van der Waals surface area contributed by atoms with Crippen molar-refractivity contribution >= 4 is 23.1 Å². The highest BCUT2D eigenvalue weighted by Gasteiger charge is 2.55. The summed E-state index contributed by atoms with van der Waals surface area (Å²) in [6, 6.07) is 12.7. The largest absolute Gasteiger partial charge is 0.460 e. The van der Waals surface area contributed by atoms with E-state index in [1.165, 1.54) is 41.0 Å². The average molecular weight is 396 g/mol. The van der Waals surface area contributed by atoms with Crippen LogP contribution in [-0.4, -0.2) is 10.2 Å². The number of fused-ring (bicyclic) bond motifs is 6. The molecule has 0 spiro atoms. The van der Waals surface area contributed by atoms with Gasteiger partial charge in [-0.3, -0.25) is 4.79 Å². The Hall–Kier alpha value is -1.72. The summed E-state index contributed by atoms with van der Waals surface area (Å²) in [5, 5.41) is 1.72. The summed E-state index contributed by atoms with van der Waals surface area (Å²) < 4.78 is 6.41. The number of thioether (sulfide) groups is 1. The first-order valence-corrected chi connectivity index (χ1v) is 11.4. The number of aryl methyl sites for hydroxylation is 1. The highest BCUT2D eigenvalue weighted by molar-refractivity contribution is 8.00. The molecule has 0 amide bonds. The number of furan rings is 1. The smallest absolute Gasteiger partial charge is 0.305 e. The molecule has 3 aliphatic rings. The van der Waals surface area contributed by atoms with E-state index in [0.29, 0.717) is 11.2 Å². The molecule has 0 radical (unpaired) electrons. The van der Waals surface area contributed by atoms with Crippen molar-refractivity contribution in [3.63, 3.8) is 0 Å². The van der Waals surface area contributed by atoms with Crippen LogP contribution < -0.4 is 4.87 Å². The van der Waals surface area contributed by atoms with Gasteiger partial charge in [-0.1, -0.05) is 41.2 Å².